The monoisotopic (exact) mass is 248 g/mol. The lowest BCUT2D eigenvalue weighted by molar-refractivity contribution is 0.121. The molecule has 0 saturated heterocycles. The minimum absolute atomic E-state index is 0.377. The minimum atomic E-state index is 0.377. The second kappa shape index (κ2) is 6.62. The van der Waals surface area contributed by atoms with E-state index in [9.17, 15) is 0 Å². The lowest BCUT2D eigenvalue weighted by atomic mass is 9.85. The highest BCUT2D eigenvalue weighted by molar-refractivity contribution is 5.44. The van der Waals surface area contributed by atoms with Gasteiger partial charge in [0.05, 0.1) is 24.2 Å². The smallest absolute Gasteiger partial charge is 0.140 e. The van der Waals surface area contributed by atoms with Crippen molar-refractivity contribution in [3.63, 3.8) is 0 Å². The van der Waals surface area contributed by atoms with Gasteiger partial charge in [-0.05, 0) is 32.1 Å². The number of hydrogen-bond acceptors (Lipinski definition) is 3. The molecule has 0 bridgehead atoms. The quantitative estimate of drug-likeness (QED) is 0.859. The molecule has 3 heteroatoms. The third kappa shape index (κ3) is 3.62. The van der Waals surface area contributed by atoms with E-state index in [4.69, 9.17) is 4.74 Å². The van der Waals surface area contributed by atoms with Crippen LogP contribution < -0.4 is 10.1 Å². The van der Waals surface area contributed by atoms with Crippen LogP contribution in [0.4, 0.5) is 5.69 Å². The van der Waals surface area contributed by atoms with Crippen molar-refractivity contribution >= 4 is 5.69 Å². The molecule has 1 saturated carbocycles. The van der Waals surface area contributed by atoms with Crippen molar-refractivity contribution < 1.29 is 4.74 Å². The molecular weight excluding hydrogens is 224 g/mol. The molecule has 0 amide bonds. The number of hydrogen-bond donors (Lipinski definition) is 1. The van der Waals surface area contributed by atoms with Crippen LogP contribution in [0.5, 0.6) is 5.75 Å². The molecule has 100 valence electrons. The highest BCUT2D eigenvalue weighted by Gasteiger charge is 2.22. The van der Waals surface area contributed by atoms with Gasteiger partial charge in [-0.2, -0.15) is 0 Å². The van der Waals surface area contributed by atoms with Gasteiger partial charge in [0.2, 0.25) is 0 Å². The maximum atomic E-state index is 6.07. The molecule has 2 rings (SSSR count). The Kier molecular flexibility index (Phi) is 4.85. The van der Waals surface area contributed by atoms with E-state index >= 15 is 0 Å². The van der Waals surface area contributed by atoms with E-state index in [2.05, 4.69) is 24.1 Å². The summed E-state index contributed by atoms with van der Waals surface area (Å²) >= 11 is 0. The number of pyridine rings is 1. The summed E-state index contributed by atoms with van der Waals surface area (Å²) < 4.78 is 6.07. The lowest BCUT2D eigenvalue weighted by Gasteiger charge is -2.28. The van der Waals surface area contributed by atoms with Crippen LogP contribution in [0.25, 0.3) is 0 Å². The molecule has 0 spiro atoms. The SMILES string of the molecule is CCNc1cncc(OC2CCCC(CC)C2)c1. The molecule has 1 fully saturated rings. The van der Waals surface area contributed by atoms with Gasteiger partial charge in [0.1, 0.15) is 5.75 Å². The van der Waals surface area contributed by atoms with Crippen molar-refractivity contribution in [2.75, 3.05) is 11.9 Å². The second-order valence-corrected chi connectivity index (χ2v) is 5.12. The average molecular weight is 248 g/mol. The van der Waals surface area contributed by atoms with Crippen LogP contribution in [0.15, 0.2) is 18.5 Å². The van der Waals surface area contributed by atoms with Gasteiger partial charge < -0.3 is 10.1 Å². The van der Waals surface area contributed by atoms with Gasteiger partial charge in [-0.3, -0.25) is 4.98 Å². The Morgan fingerprint density at radius 3 is 3.00 bits per heavy atom. The van der Waals surface area contributed by atoms with E-state index in [1.54, 1.807) is 0 Å². The van der Waals surface area contributed by atoms with Crippen molar-refractivity contribution in [2.24, 2.45) is 5.92 Å². The van der Waals surface area contributed by atoms with Crippen LogP contribution >= 0.6 is 0 Å². The third-order valence-corrected chi connectivity index (χ3v) is 3.71. The average Bonchev–Trinajstić information content (AvgIpc) is 2.40. The molecule has 1 aromatic heterocycles. The van der Waals surface area contributed by atoms with Crippen LogP contribution in [0.3, 0.4) is 0 Å². The summed E-state index contributed by atoms with van der Waals surface area (Å²) in [5.74, 6) is 1.74. The maximum absolute atomic E-state index is 6.07. The van der Waals surface area contributed by atoms with Crippen LogP contribution in [-0.2, 0) is 0 Å². The minimum Gasteiger partial charge on any atom is -0.489 e. The Bertz CT molecular complexity index is 367. The predicted octanol–water partition coefficient (Wildman–Crippen LogP) is 3.86. The van der Waals surface area contributed by atoms with Crippen LogP contribution in [0.1, 0.15) is 46.0 Å². The van der Waals surface area contributed by atoms with Gasteiger partial charge in [-0.25, -0.2) is 0 Å². The largest absolute Gasteiger partial charge is 0.489 e. The fourth-order valence-electron chi connectivity index (χ4n) is 2.70. The van der Waals surface area contributed by atoms with E-state index in [1.807, 2.05) is 18.5 Å². The Hall–Kier alpha value is -1.25. The second-order valence-electron chi connectivity index (χ2n) is 5.12. The normalized spacial score (nSPS) is 23.7. The molecule has 2 unspecified atom stereocenters. The summed E-state index contributed by atoms with van der Waals surface area (Å²) in [6.45, 7) is 5.27. The van der Waals surface area contributed by atoms with Gasteiger partial charge in [-0.1, -0.05) is 19.8 Å². The molecule has 0 aliphatic heterocycles. The molecule has 1 N–H and O–H groups in total. The Balaban J connectivity index is 1.93. The standard InChI is InChI=1S/C15H24N2O/c1-3-12-6-5-7-14(8-12)18-15-9-13(17-4-2)10-16-11-15/h9-12,14,17H,3-8H2,1-2H3. The molecule has 1 heterocycles. The Morgan fingerprint density at radius 1 is 1.33 bits per heavy atom. The van der Waals surface area contributed by atoms with E-state index in [0.29, 0.717) is 6.10 Å². The van der Waals surface area contributed by atoms with Gasteiger partial charge in [0.15, 0.2) is 0 Å². The molecule has 3 nitrogen and oxygen atoms in total. The first-order valence-corrected chi connectivity index (χ1v) is 7.17. The predicted molar refractivity (Wildman–Crippen MR) is 75.1 cm³/mol. The molecule has 1 aliphatic rings. The Morgan fingerprint density at radius 2 is 2.22 bits per heavy atom. The maximum Gasteiger partial charge on any atom is 0.140 e. The van der Waals surface area contributed by atoms with Crippen molar-refractivity contribution in [3.05, 3.63) is 18.5 Å². The zero-order valence-corrected chi connectivity index (χ0v) is 11.5. The summed E-state index contributed by atoms with van der Waals surface area (Å²) in [5, 5.41) is 3.26. The summed E-state index contributed by atoms with van der Waals surface area (Å²) in [6, 6.07) is 2.05. The van der Waals surface area contributed by atoms with Crippen molar-refractivity contribution in [3.8, 4) is 5.75 Å². The molecule has 0 radical (unpaired) electrons. The molecule has 1 aromatic rings. The third-order valence-electron chi connectivity index (χ3n) is 3.71. The highest BCUT2D eigenvalue weighted by atomic mass is 16.5. The molecule has 18 heavy (non-hydrogen) atoms. The van der Waals surface area contributed by atoms with E-state index < -0.39 is 0 Å². The number of anilines is 1. The molecule has 1 aliphatic carbocycles. The van der Waals surface area contributed by atoms with Crippen molar-refractivity contribution in [1.29, 1.82) is 0 Å². The van der Waals surface area contributed by atoms with Crippen LogP contribution in [-0.4, -0.2) is 17.6 Å². The summed E-state index contributed by atoms with van der Waals surface area (Å²) in [7, 11) is 0. The number of ether oxygens (including phenoxy) is 1. The first kappa shape index (κ1) is 13.2. The van der Waals surface area contributed by atoms with E-state index in [-0.39, 0.29) is 0 Å². The number of rotatable bonds is 5. The number of nitrogens with one attached hydrogen (secondary N) is 1. The van der Waals surface area contributed by atoms with Crippen LogP contribution in [0, 0.1) is 5.92 Å². The summed E-state index contributed by atoms with van der Waals surface area (Å²) in [4.78, 5) is 4.22. The number of aromatic nitrogens is 1. The topological polar surface area (TPSA) is 34.2 Å². The highest BCUT2D eigenvalue weighted by Crippen LogP contribution is 2.29. The Labute approximate surface area is 110 Å². The van der Waals surface area contributed by atoms with Gasteiger partial charge >= 0.3 is 0 Å². The number of nitrogens with zero attached hydrogens (tertiary/aromatic N) is 1. The van der Waals surface area contributed by atoms with Gasteiger partial charge in [0, 0.05) is 12.6 Å². The zero-order chi connectivity index (χ0) is 12.8. The van der Waals surface area contributed by atoms with Gasteiger partial charge in [0.25, 0.3) is 0 Å². The lowest BCUT2D eigenvalue weighted by Crippen LogP contribution is -2.25. The molecular formula is C15H24N2O. The molecule has 0 aromatic carbocycles. The fourth-order valence-corrected chi connectivity index (χ4v) is 2.70. The van der Waals surface area contributed by atoms with E-state index in [1.165, 1.54) is 32.1 Å². The van der Waals surface area contributed by atoms with Crippen molar-refractivity contribution in [2.45, 2.75) is 52.1 Å². The summed E-state index contributed by atoms with van der Waals surface area (Å²) in [6.07, 6.45) is 10.3. The first-order chi connectivity index (χ1) is 8.81. The fraction of sp³-hybridized carbons (Fsp3) is 0.667. The van der Waals surface area contributed by atoms with E-state index in [0.717, 1.165) is 23.9 Å². The summed E-state index contributed by atoms with van der Waals surface area (Å²) in [5.41, 5.74) is 1.04. The molecule has 2 atom stereocenters. The zero-order valence-electron chi connectivity index (χ0n) is 11.5. The van der Waals surface area contributed by atoms with Crippen molar-refractivity contribution in [1.82, 2.24) is 4.98 Å². The first-order valence-electron chi connectivity index (χ1n) is 7.17. The van der Waals surface area contributed by atoms with Gasteiger partial charge in [-0.15, -0.1) is 0 Å². The van der Waals surface area contributed by atoms with Crippen LogP contribution in [0.2, 0.25) is 0 Å².